The number of rotatable bonds is 14. The van der Waals surface area contributed by atoms with E-state index in [0.717, 1.165) is 24.3 Å². The first-order valence-electron chi connectivity index (χ1n) is 13.0. The molecule has 0 unspecified atom stereocenters. The molecule has 0 aliphatic rings. The molecule has 0 heterocycles. The molecule has 9 heteroatoms. The summed E-state index contributed by atoms with van der Waals surface area (Å²) in [6.07, 6.45) is 5.41. The van der Waals surface area contributed by atoms with Crippen molar-refractivity contribution < 1.29 is 36.2 Å². The Kier molecular flexibility index (Phi) is 15.5. The summed E-state index contributed by atoms with van der Waals surface area (Å²) in [5.41, 5.74) is -6.07. The molecule has 0 saturated heterocycles. The van der Waals surface area contributed by atoms with Crippen molar-refractivity contribution in [2.24, 2.45) is 0 Å². The van der Waals surface area contributed by atoms with E-state index in [4.69, 9.17) is 0 Å². The molecule has 1 aromatic rings. The van der Waals surface area contributed by atoms with Crippen molar-refractivity contribution >= 4 is 13.0 Å². The van der Waals surface area contributed by atoms with Crippen LogP contribution >= 0.6 is 7.26 Å². The Morgan fingerprint density at radius 1 is 0.694 bits per heavy atom. The molecule has 0 aliphatic carbocycles. The van der Waals surface area contributed by atoms with Crippen LogP contribution in [0.15, 0.2) is 24.3 Å². The fourth-order valence-corrected chi connectivity index (χ4v) is 9.26. The van der Waals surface area contributed by atoms with E-state index < -0.39 is 36.6 Å². The first kappa shape index (κ1) is 34.9. The molecule has 210 valence electrons. The van der Waals surface area contributed by atoms with E-state index in [1.165, 1.54) is 58.3 Å². The summed E-state index contributed by atoms with van der Waals surface area (Å²) >= 11 is 0. The van der Waals surface area contributed by atoms with E-state index in [0.29, 0.717) is 5.56 Å². The lowest BCUT2D eigenvalue weighted by Gasteiger charge is -2.41. The predicted molar refractivity (Wildman–Crippen MR) is 136 cm³/mol. The van der Waals surface area contributed by atoms with E-state index >= 15 is 0 Å². The zero-order valence-corrected chi connectivity index (χ0v) is 23.2. The van der Waals surface area contributed by atoms with Gasteiger partial charge in [0.2, 0.25) is 0 Å². The second kappa shape index (κ2) is 16.0. The summed E-state index contributed by atoms with van der Waals surface area (Å²) in [5, 5.41) is 11.1. The first-order chi connectivity index (χ1) is 16.7. The number of ketones is 1. The lowest BCUT2D eigenvalue weighted by molar-refractivity contribution is -0.567. The van der Waals surface area contributed by atoms with Crippen molar-refractivity contribution in [1.82, 2.24) is 0 Å². The molecule has 1 aromatic carbocycles. The number of carbonyl (C=O) groups excluding carboxylic acids is 1. The molecule has 0 aromatic heterocycles. The van der Waals surface area contributed by atoms with Crippen molar-refractivity contribution in [2.45, 2.75) is 104 Å². The van der Waals surface area contributed by atoms with Gasteiger partial charge in [-0.2, -0.15) is 26.3 Å². The first-order valence-corrected chi connectivity index (χ1v) is 15.5. The standard InChI is InChI=1S/C16H36P.C11H7F6O2/c1-5-9-13-17(14-10-6-2,15-11-7-3)16-12-8-4;1-6-2-4-7(5-3-6)8(18)9(19,10(12,13)14)11(15,16)17/h5-16H2,1-4H3;2-5H,1H3/q+1;-1. The number of Topliss-reactive ketones (excluding diaryl/α,β-unsaturated/α-hetero) is 1. The summed E-state index contributed by atoms with van der Waals surface area (Å²) in [6.45, 7) is 10.9. The molecule has 0 aliphatic heterocycles. The number of hydrogen-bond donors (Lipinski definition) is 0. The molecule has 36 heavy (non-hydrogen) atoms. The van der Waals surface area contributed by atoms with E-state index in [1.807, 2.05) is 0 Å². The number of halogens is 6. The second-order valence-electron chi connectivity index (χ2n) is 9.52. The zero-order chi connectivity index (χ0) is 28.0. The topological polar surface area (TPSA) is 40.1 Å². The number of benzene rings is 1. The maximum atomic E-state index is 12.4. The quantitative estimate of drug-likeness (QED) is 0.134. The molecule has 2 nitrogen and oxygen atoms in total. The number of hydrogen-bond acceptors (Lipinski definition) is 2. The fraction of sp³-hybridized carbons (Fsp3) is 0.741. The smallest absolute Gasteiger partial charge is 0.395 e. The Labute approximate surface area is 213 Å². The number of unbranched alkanes of at least 4 members (excludes halogenated alkanes) is 4. The van der Waals surface area contributed by atoms with Gasteiger partial charge in [-0.3, -0.25) is 4.79 Å². The summed E-state index contributed by atoms with van der Waals surface area (Å²) in [4.78, 5) is 11.3. The van der Waals surface area contributed by atoms with Gasteiger partial charge in [-0.05, 0) is 32.6 Å². The molecule has 0 N–H and O–H groups in total. The average Bonchev–Trinajstić information content (AvgIpc) is 2.81. The van der Waals surface area contributed by atoms with Crippen LogP contribution < -0.4 is 5.11 Å². The molecule has 0 amide bonds. The third kappa shape index (κ3) is 10.3. The van der Waals surface area contributed by atoms with Crippen LogP contribution in [0.3, 0.4) is 0 Å². The van der Waals surface area contributed by atoms with Gasteiger partial charge >= 0.3 is 12.4 Å². The molecular formula is C27H43F6O2P. The molecule has 0 fully saturated rings. The monoisotopic (exact) mass is 544 g/mol. The van der Waals surface area contributed by atoms with Crippen LogP contribution in [-0.4, -0.2) is 48.4 Å². The Hall–Kier alpha value is -1.14. The molecule has 0 spiro atoms. The Bertz CT molecular complexity index is 693. The lowest BCUT2D eigenvalue weighted by Crippen LogP contribution is -2.71. The normalized spacial score (nSPS) is 12.8. The van der Waals surface area contributed by atoms with Gasteiger partial charge < -0.3 is 5.11 Å². The van der Waals surface area contributed by atoms with Crippen molar-refractivity contribution in [3.63, 3.8) is 0 Å². The predicted octanol–water partition coefficient (Wildman–Crippen LogP) is 8.61. The van der Waals surface area contributed by atoms with Crippen LogP contribution in [0, 0.1) is 6.92 Å². The van der Waals surface area contributed by atoms with Crippen molar-refractivity contribution in [3.8, 4) is 0 Å². The highest BCUT2D eigenvalue weighted by Gasteiger charge is 2.66. The highest BCUT2D eigenvalue weighted by Crippen LogP contribution is 2.61. The molecule has 0 radical (unpaired) electrons. The minimum atomic E-state index is -6.27. The maximum Gasteiger partial charge on any atom is 0.395 e. The van der Waals surface area contributed by atoms with E-state index in [-0.39, 0.29) is 0 Å². The van der Waals surface area contributed by atoms with Crippen LogP contribution in [0.4, 0.5) is 26.3 Å². The maximum absolute atomic E-state index is 12.4. The largest absolute Gasteiger partial charge is 0.830 e. The third-order valence-electron chi connectivity index (χ3n) is 6.38. The van der Waals surface area contributed by atoms with Gasteiger partial charge in [-0.25, -0.2) is 0 Å². The zero-order valence-electron chi connectivity index (χ0n) is 22.3. The average molecular weight is 545 g/mol. The van der Waals surface area contributed by atoms with Gasteiger partial charge in [0.1, 0.15) is 5.60 Å². The highest BCUT2D eigenvalue weighted by molar-refractivity contribution is 7.75. The van der Waals surface area contributed by atoms with E-state index in [9.17, 15) is 36.2 Å². The molecule has 1 rings (SSSR count). The minimum Gasteiger partial charge on any atom is -0.830 e. The van der Waals surface area contributed by atoms with Crippen molar-refractivity contribution in [3.05, 3.63) is 35.4 Å². The van der Waals surface area contributed by atoms with Gasteiger partial charge in [0.15, 0.2) is 5.78 Å². The third-order valence-corrected chi connectivity index (χ3v) is 11.4. The fourth-order valence-electron chi connectivity index (χ4n) is 3.97. The Morgan fingerprint density at radius 2 is 1.00 bits per heavy atom. The van der Waals surface area contributed by atoms with Crippen LogP contribution in [-0.2, 0) is 0 Å². The van der Waals surface area contributed by atoms with E-state index in [2.05, 4.69) is 27.7 Å². The van der Waals surface area contributed by atoms with Gasteiger partial charge in [0.25, 0.3) is 0 Å². The number of aryl methyl sites for hydroxylation is 1. The molecule has 0 saturated carbocycles. The summed E-state index contributed by atoms with van der Waals surface area (Å²) in [5.74, 6) is -2.56. The van der Waals surface area contributed by atoms with Gasteiger partial charge in [0.05, 0.1) is 24.6 Å². The van der Waals surface area contributed by atoms with Crippen LogP contribution in [0.1, 0.15) is 95.0 Å². The molecular weight excluding hydrogens is 501 g/mol. The van der Waals surface area contributed by atoms with Crippen LogP contribution in [0.5, 0.6) is 0 Å². The lowest BCUT2D eigenvalue weighted by atomic mass is 9.91. The summed E-state index contributed by atoms with van der Waals surface area (Å²) in [7, 11) is -0.562. The van der Waals surface area contributed by atoms with Crippen LogP contribution in [0.25, 0.3) is 0 Å². The van der Waals surface area contributed by atoms with Gasteiger partial charge in [-0.1, -0.05) is 83.2 Å². The number of carbonyl (C=O) groups is 1. The molecule has 0 atom stereocenters. The molecule has 0 bridgehead atoms. The van der Waals surface area contributed by atoms with Crippen molar-refractivity contribution in [1.29, 1.82) is 0 Å². The SMILES string of the molecule is CCCC[P+](CCCC)(CCCC)CCCC.Cc1ccc(C(=O)C([O-])(C(F)(F)F)C(F)(F)F)cc1. The van der Waals surface area contributed by atoms with Crippen molar-refractivity contribution in [2.75, 3.05) is 24.6 Å². The summed E-state index contributed by atoms with van der Waals surface area (Å²) < 4.78 is 74.2. The number of alkyl halides is 6. The highest BCUT2D eigenvalue weighted by atomic mass is 31.2. The minimum absolute atomic E-state index is 0.520. The second-order valence-corrected chi connectivity index (χ2v) is 14.0. The Morgan fingerprint density at radius 3 is 1.25 bits per heavy atom. The van der Waals surface area contributed by atoms with E-state index in [1.54, 1.807) is 24.6 Å². The Balaban J connectivity index is 0.000000686. The van der Waals surface area contributed by atoms with Gasteiger partial charge in [0, 0.05) is 12.8 Å². The summed E-state index contributed by atoms with van der Waals surface area (Å²) in [6, 6.07) is 3.78. The van der Waals surface area contributed by atoms with Crippen LogP contribution in [0.2, 0.25) is 0 Å². The van der Waals surface area contributed by atoms with Gasteiger partial charge in [-0.15, -0.1) is 0 Å².